The fourth-order valence-electron chi connectivity index (χ4n) is 1.99. The second-order valence-electron chi connectivity index (χ2n) is 5.18. The number of carbonyl (C=O) groups is 1. The molecule has 0 aliphatic rings. The molecule has 0 aliphatic heterocycles. The van der Waals surface area contributed by atoms with Crippen LogP contribution in [-0.4, -0.2) is 50.2 Å². The third-order valence-electron chi connectivity index (χ3n) is 3.33. The van der Waals surface area contributed by atoms with Gasteiger partial charge in [-0.1, -0.05) is 18.7 Å². The van der Waals surface area contributed by atoms with Crippen molar-refractivity contribution in [1.29, 1.82) is 5.41 Å². The lowest BCUT2D eigenvalue weighted by Gasteiger charge is -2.19. The van der Waals surface area contributed by atoms with Gasteiger partial charge in [0.25, 0.3) is 0 Å². The van der Waals surface area contributed by atoms with Gasteiger partial charge in [-0.05, 0) is 37.9 Å². The normalized spacial score (nSPS) is 11.3. The van der Waals surface area contributed by atoms with Gasteiger partial charge in [-0.2, -0.15) is 0 Å². The molecule has 124 valence electrons. The SMILES string of the molecule is C=CC(=O)Nc1ccc(C(=N)/C(=C\N)CN(C)CCNC)cc1. The summed E-state index contributed by atoms with van der Waals surface area (Å²) in [4.78, 5) is 13.4. The monoisotopic (exact) mass is 315 g/mol. The molecule has 0 aromatic heterocycles. The van der Waals surface area contributed by atoms with E-state index in [1.807, 2.05) is 14.1 Å². The van der Waals surface area contributed by atoms with Gasteiger partial charge in [0.1, 0.15) is 0 Å². The van der Waals surface area contributed by atoms with Crippen LogP contribution in [0.3, 0.4) is 0 Å². The Labute approximate surface area is 137 Å². The van der Waals surface area contributed by atoms with E-state index in [9.17, 15) is 4.79 Å². The molecule has 0 unspecified atom stereocenters. The number of hydrogen-bond acceptors (Lipinski definition) is 5. The summed E-state index contributed by atoms with van der Waals surface area (Å²) in [7, 11) is 3.89. The maximum absolute atomic E-state index is 11.3. The van der Waals surface area contributed by atoms with E-state index in [1.165, 1.54) is 12.3 Å². The minimum absolute atomic E-state index is 0.262. The first kappa shape index (κ1) is 18.6. The van der Waals surface area contributed by atoms with Crippen molar-refractivity contribution in [2.24, 2.45) is 5.73 Å². The number of likely N-dealkylation sites (N-methyl/N-ethyl adjacent to an activating group) is 2. The average Bonchev–Trinajstić information content (AvgIpc) is 2.57. The molecule has 1 aromatic rings. The minimum Gasteiger partial charge on any atom is -0.404 e. The van der Waals surface area contributed by atoms with Crippen LogP contribution in [0.4, 0.5) is 5.69 Å². The first-order valence-electron chi connectivity index (χ1n) is 7.38. The van der Waals surface area contributed by atoms with E-state index in [-0.39, 0.29) is 5.91 Å². The third kappa shape index (κ3) is 6.06. The molecule has 0 saturated heterocycles. The highest BCUT2D eigenvalue weighted by atomic mass is 16.1. The van der Waals surface area contributed by atoms with Gasteiger partial charge in [-0.15, -0.1) is 0 Å². The smallest absolute Gasteiger partial charge is 0.247 e. The number of hydrogen-bond donors (Lipinski definition) is 4. The predicted molar refractivity (Wildman–Crippen MR) is 95.8 cm³/mol. The number of nitrogens with zero attached hydrogens (tertiary/aromatic N) is 1. The van der Waals surface area contributed by atoms with Crippen molar-refractivity contribution in [3.8, 4) is 0 Å². The number of benzene rings is 1. The van der Waals surface area contributed by atoms with Crippen LogP contribution in [0.5, 0.6) is 0 Å². The van der Waals surface area contributed by atoms with E-state index in [0.717, 1.165) is 24.2 Å². The molecule has 5 N–H and O–H groups in total. The Morgan fingerprint density at radius 2 is 2.04 bits per heavy atom. The van der Waals surface area contributed by atoms with Gasteiger partial charge in [-0.3, -0.25) is 10.2 Å². The zero-order valence-corrected chi connectivity index (χ0v) is 13.7. The van der Waals surface area contributed by atoms with E-state index in [1.54, 1.807) is 24.3 Å². The molecular formula is C17H25N5O. The lowest BCUT2D eigenvalue weighted by atomic mass is 10.0. The van der Waals surface area contributed by atoms with Gasteiger partial charge in [0, 0.05) is 37.1 Å². The fourth-order valence-corrected chi connectivity index (χ4v) is 1.99. The summed E-state index contributed by atoms with van der Waals surface area (Å²) >= 11 is 0. The number of rotatable bonds is 9. The van der Waals surface area contributed by atoms with E-state index < -0.39 is 0 Å². The summed E-state index contributed by atoms with van der Waals surface area (Å²) in [5.41, 5.74) is 8.24. The van der Waals surface area contributed by atoms with Gasteiger partial charge in [0.2, 0.25) is 5.91 Å². The van der Waals surface area contributed by atoms with E-state index in [0.29, 0.717) is 17.9 Å². The largest absolute Gasteiger partial charge is 0.404 e. The van der Waals surface area contributed by atoms with Crippen LogP contribution in [-0.2, 0) is 4.79 Å². The molecule has 0 fully saturated rings. The number of anilines is 1. The summed E-state index contributed by atoms with van der Waals surface area (Å²) in [6.07, 6.45) is 2.69. The first-order chi connectivity index (χ1) is 11.0. The summed E-state index contributed by atoms with van der Waals surface area (Å²) in [6, 6.07) is 7.09. The van der Waals surface area contributed by atoms with Crippen LogP contribution >= 0.6 is 0 Å². The molecule has 0 heterocycles. The average molecular weight is 315 g/mol. The number of nitrogens with one attached hydrogen (secondary N) is 3. The highest BCUT2D eigenvalue weighted by Gasteiger charge is 2.10. The fraction of sp³-hybridized carbons (Fsp3) is 0.294. The molecule has 6 heteroatoms. The van der Waals surface area contributed by atoms with Crippen LogP contribution in [0.1, 0.15) is 5.56 Å². The van der Waals surface area contributed by atoms with Crippen molar-refractivity contribution in [2.75, 3.05) is 39.0 Å². The molecule has 0 radical (unpaired) electrons. The van der Waals surface area contributed by atoms with Crippen LogP contribution < -0.4 is 16.4 Å². The number of nitrogens with two attached hydrogens (primary N) is 1. The number of amides is 1. The van der Waals surface area contributed by atoms with Crippen LogP contribution in [0.25, 0.3) is 0 Å². The highest BCUT2D eigenvalue weighted by Crippen LogP contribution is 2.13. The summed E-state index contributed by atoms with van der Waals surface area (Å²) in [5, 5.41) is 14.1. The molecule has 0 spiro atoms. The molecule has 0 aliphatic carbocycles. The second-order valence-corrected chi connectivity index (χ2v) is 5.18. The van der Waals surface area contributed by atoms with Crippen LogP contribution in [0.15, 0.2) is 48.7 Å². The Bertz CT molecular complexity index is 577. The van der Waals surface area contributed by atoms with E-state index in [4.69, 9.17) is 11.1 Å². The van der Waals surface area contributed by atoms with Gasteiger partial charge < -0.3 is 21.3 Å². The van der Waals surface area contributed by atoms with Gasteiger partial charge in [0.05, 0.1) is 5.71 Å². The maximum atomic E-state index is 11.3. The molecule has 1 rings (SSSR count). The molecule has 1 amide bonds. The van der Waals surface area contributed by atoms with E-state index >= 15 is 0 Å². The molecule has 23 heavy (non-hydrogen) atoms. The molecule has 0 bridgehead atoms. The Kier molecular flexibility index (Phi) is 7.73. The lowest BCUT2D eigenvalue weighted by molar-refractivity contribution is -0.111. The van der Waals surface area contributed by atoms with Crippen molar-refractivity contribution < 1.29 is 4.79 Å². The maximum Gasteiger partial charge on any atom is 0.247 e. The van der Waals surface area contributed by atoms with Gasteiger partial charge >= 0.3 is 0 Å². The molecule has 0 atom stereocenters. The highest BCUT2D eigenvalue weighted by molar-refractivity contribution is 6.11. The zero-order valence-electron chi connectivity index (χ0n) is 13.7. The standard InChI is InChI=1S/C17H25N5O/c1-4-16(23)21-15-7-5-13(6-8-15)17(19)14(11-18)12-22(3)10-9-20-2/h4-8,11,19-20H,1,9-10,12,18H2,2-3H3,(H,21,23)/b14-11-,19-17?. The quantitative estimate of drug-likeness (QED) is 0.406. The Morgan fingerprint density at radius 1 is 1.39 bits per heavy atom. The third-order valence-corrected chi connectivity index (χ3v) is 3.33. The minimum atomic E-state index is -0.262. The summed E-state index contributed by atoms with van der Waals surface area (Å²) in [6.45, 7) is 5.76. The van der Waals surface area contributed by atoms with E-state index in [2.05, 4.69) is 22.1 Å². The Balaban J connectivity index is 2.74. The van der Waals surface area contributed by atoms with Gasteiger partial charge in [-0.25, -0.2) is 0 Å². The lowest BCUT2D eigenvalue weighted by Crippen LogP contribution is -2.30. The predicted octanol–water partition coefficient (Wildman–Crippen LogP) is 1.17. The summed E-state index contributed by atoms with van der Waals surface area (Å²) in [5.74, 6) is -0.262. The molecular weight excluding hydrogens is 290 g/mol. The zero-order chi connectivity index (χ0) is 17.2. The van der Waals surface area contributed by atoms with Crippen LogP contribution in [0.2, 0.25) is 0 Å². The summed E-state index contributed by atoms with van der Waals surface area (Å²) < 4.78 is 0. The second kappa shape index (κ2) is 9.55. The van der Waals surface area contributed by atoms with Crippen molar-refractivity contribution >= 4 is 17.3 Å². The first-order valence-corrected chi connectivity index (χ1v) is 7.38. The van der Waals surface area contributed by atoms with Crippen LogP contribution in [0, 0.1) is 5.41 Å². The van der Waals surface area contributed by atoms with Gasteiger partial charge in [0.15, 0.2) is 0 Å². The topological polar surface area (TPSA) is 94.2 Å². The van der Waals surface area contributed by atoms with Crippen molar-refractivity contribution in [2.45, 2.75) is 0 Å². The Morgan fingerprint density at radius 3 is 2.57 bits per heavy atom. The molecule has 6 nitrogen and oxygen atoms in total. The number of carbonyl (C=O) groups excluding carboxylic acids is 1. The molecule has 0 saturated carbocycles. The van der Waals surface area contributed by atoms with Crippen molar-refractivity contribution in [3.05, 3.63) is 54.3 Å². The molecule has 1 aromatic carbocycles. The van der Waals surface area contributed by atoms with Crippen molar-refractivity contribution in [3.63, 3.8) is 0 Å². The van der Waals surface area contributed by atoms with Crippen molar-refractivity contribution in [1.82, 2.24) is 10.2 Å². The Hall–Kier alpha value is -2.44.